The number of alkyl halides is 10. The fourth-order valence-electron chi connectivity index (χ4n) is 1.72. The molecular formula is C11H4F10N4O4. The Kier molecular flexibility index (Phi) is 5.75. The molecule has 0 heterocycles. The molecule has 2 N–H and O–H groups in total. The lowest BCUT2D eigenvalue weighted by molar-refractivity contribution is -0.392. The van der Waals surface area contributed by atoms with E-state index in [1.165, 1.54) is 0 Å². The van der Waals surface area contributed by atoms with Crippen LogP contribution in [0.5, 0.6) is 0 Å². The van der Waals surface area contributed by atoms with E-state index in [9.17, 15) is 64.1 Å². The number of nitrogens with one attached hydrogen (secondary N) is 2. The highest BCUT2D eigenvalue weighted by molar-refractivity contribution is 6.02. The summed E-state index contributed by atoms with van der Waals surface area (Å²) in [7, 11) is 0. The Morgan fingerprint density at radius 2 is 1.21 bits per heavy atom. The summed E-state index contributed by atoms with van der Waals surface area (Å²) >= 11 is 0. The van der Waals surface area contributed by atoms with Gasteiger partial charge in [0.1, 0.15) is 0 Å². The minimum absolute atomic E-state index is 0.609. The highest BCUT2D eigenvalue weighted by Crippen LogP contribution is 2.48. The minimum Gasteiger partial charge on any atom is -0.328 e. The molecule has 0 aliphatic carbocycles. The summed E-state index contributed by atoms with van der Waals surface area (Å²) in [5, 5.41) is 29.2. The van der Waals surface area contributed by atoms with Crippen molar-refractivity contribution in [1.82, 2.24) is 0 Å². The Morgan fingerprint density at radius 1 is 0.828 bits per heavy atom. The van der Waals surface area contributed by atoms with Crippen molar-refractivity contribution in [3.8, 4) is 0 Å². The fourth-order valence-corrected chi connectivity index (χ4v) is 1.72. The molecule has 18 heteroatoms. The van der Waals surface area contributed by atoms with E-state index in [1.54, 1.807) is 0 Å². The molecule has 0 fully saturated rings. The molecule has 0 aliphatic heterocycles. The monoisotopic (exact) mass is 446 g/mol. The third-order valence-electron chi connectivity index (χ3n) is 3.13. The molecule has 0 saturated carbocycles. The second kappa shape index (κ2) is 6.99. The van der Waals surface area contributed by atoms with Crippen molar-refractivity contribution in [2.45, 2.75) is 24.2 Å². The second-order valence-corrected chi connectivity index (χ2v) is 5.05. The number of amidine groups is 1. The molecule has 0 amide bonds. The van der Waals surface area contributed by atoms with E-state index in [0.717, 1.165) is 0 Å². The van der Waals surface area contributed by atoms with Crippen LogP contribution in [0.15, 0.2) is 12.1 Å². The van der Waals surface area contributed by atoms with E-state index in [4.69, 9.17) is 5.41 Å². The normalized spacial score (nSPS) is 13.2. The summed E-state index contributed by atoms with van der Waals surface area (Å²) < 4.78 is 127. The molecule has 0 aromatic heterocycles. The van der Waals surface area contributed by atoms with Crippen LogP contribution in [-0.4, -0.2) is 34.0 Å². The summed E-state index contributed by atoms with van der Waals surface area (Å²) in [6.07, 6.45) is -12.8. The number of nitrogens with zero attached hydrogens (tertiary/aromatic N) is 2. The Balaban J connectivity index is 3.75. The third-order valence-corrected chi connectivity index (χ3v) is 3.13. The van der Waals surface area contributed by atoms with Gasteiger partial charge in [-0.3, -0.25) is 25.6 Å². The summed E-state index contributed by atoms with van der Waals surface area (Å²) in [4.78, 5) is 18.1. The zero-order chi connectivity index (χ0) is 23.2. The molecule has 162 valence electrons. The van der Waals surface area contributed by atoms with Gasteiger partial charge in [-0.15, -0.1) is 0 Å². The van der Waals surface area contributed by atoms with Crippen LogP contribution in [0, 0.1) is 25.6 Å². The number of hydrogen-bond donors (Lipinski definition) is 2. The van der Waals surface area contributed by atoms with Gasteiger partial charge < -0.3 is 5.32 Å². The molecule has 0 aliphatic rings. The lowest BCUT2D eigenvalue weighted by atomic mass is 10.0. The van der Waals surface area contributed by atoms with Gasteiger partial charge in [0.05, 0.1) is 9.85 Å². The minimum atomic E-state index is -6.44. The van der Waals surface area contributed by atoms with Crippen molar-refractivity contribution in [3.05, 3.63) is 37.9 Å². The predicted octanol–water partition coefficient (Wildman–Crippen LogP) is 4.74. The lowest BCUT2D eigenvalue weighted by Crippen LogP contribution is -2.47. The first-order valence-electron chi connectivity index (χ1n) is 6.47. The maximum atomic E-state index is 13.4. The van der Waals surface area contributed by atoms with Crippen LogP contribution in [0.1, 0.15) is 5.56 Å². The van der Waals surface area contributed by atoms with Gasteiger partial charge in [0.15, 0.2) is 11.5 Å². The SMILES string of the molecule is N=C(Nc1c([N+](=O)[O-])cc(C(F)(F)C(F)(F)F)cc1[N+](=O)[O-])C(F)(F)C(F)(F)F. The predicted molar refractivity (Wildman–Crippen MR) is 72.1 cm³/mol. The van der Waals surface area contributed by atoms with Gasteiger partial charge in [0, 0.05) is 17.7 Å². The lowest BCUT2D eigenvalue weighted by Gasteiger charge is -2.22. The number of rotatable bonds is 5. The van der Waals surface area contributed by atoms with Crippen molar-refractivity contribution in [2.24, 2.45) is 0 Å². The van der Waals surface area contributed by atoms with Crippen LogP contribution in [-0.2, 0) is 5.92 Å². The fraction of sp³-hybridized carbons (Fsp3) is 0.364. The number of halogens is 10. The molecule has 8 nitrogen and oxygen atoms in total. The van der Waals surface area contributed by atoms with E-state index in [0.29, 0.717) is 5.32 Å². The summed E-state index contributed by atoms with van der Waals surface area (Å²) in [5.41, 5.74) is -8.46. The standard InChI is InChI=1S/C11H4F10N4O4/c12-8(13,10(16,17)18)3-1-4(24(26)27)6(5(2-3)25(28)29)23-7(22)9(14,15)11(19,20)21/h1-2H,(H2,22,23). The van der Waals surface area contributed by atoms with Crippen molar-refractivity contribution in [1.29, 1.82) is 5.41 Å². The first-order chi connectivity index (χ1) is 12.7. The average Bonchev–Trinajstić information content (AvgIpc) is 2.51. The Labute approximate surface area is 150 Å². The zero-order valence-corrected chi connectivity index (χ0v) is 13.0. The molecule has 0 radical (unpaired) electrons. The summed E-state index contributed by atoms with van der Waals surface area (Å²) in [6.45, 7) is 0. The van der Waals surface area contributed by atoms with Crippen molar-refractivity contribution >= 4 is 22.9 Å². The maximum absolute atomic E-state index is 13.4. The van der Waals surface area contributed by atoms with E-state index in [2.05, 4.69) is 0 Å². The van der Waals surface area contributed by atoms with Crippen LogP contribution >= 0.6 is 0 Å². The first-order valence-corrected chi connectivity index (χ1v) is 6.47. The van der Waals surface area contributed by atoms with Gasteiger partial charge in [-0.05, 0) is 0 Å². The van der Waals surface area contributed by atoms with Crippen LogP contribution in [0.25, 0.3) is 0 Å². The topological polar surface area (TPSA) is 122 Å². The highest BCUT2D eigenvalue weighted by Gasteiger charge is 2.62. The Bertz CT molecular complexity index is 829. The number of nitro benzene ring substituents is 2. The van der Waals surface area contributed by atoms with E-state index < -0.39 is 74.6 Å². The van der Waals surface area contributed by atoms with Crippen LogP contribution in [0.3, 0.4) is 0 Å². The summed E-state index contributed by atoms with van der Waals surface area (Å²) in [5.74, 6) is -14.8. The average molecular weight is 446 g/mol. The van der Waals surface area contributed by atoms with Gasteiger partial charge in [-0.1, -0.05) is 0 Å². The molecule has 1 aromatic rings. The maximum Gasteiger partial charge on any atom is 0.461 e. The van der Waals surface area contributed by atoms with E-state index >= 15 is 0 Å². The quantitative estimate of drug-likeness (QED) is 0.222. The molecule has 0 atom stereocenters. The molecular weight excluding hydrogens is 442 g/mol. The van der Waals surface area contributed by atoms with Crippen molar-refractivity contribution < 1.29 is 53.8 Å². The molecule has 29 heavy (non-hydrogen) atoms. The van der Waals surface area contributed by atoms with Crippen molar-refractivity contribution in [3.63, 3.8) is 0 Å². The largest absolute Gasteiger partial charge is 0.461 e. The smallest absolute Gasteiger partial charge is 0.328 e. The van der Waals surface area contributed by atoms with Crippen LogP contribution in [0.4, 0.5) is 61.0 Å². The number of anilines is 1. The molecule has 0 unspecified atom stereocenters. The number of benzene rings is 1. The molecule has 0 bridgehead atoms. The summed E-state index contributed by atoms with van der Waals surface area (Å²) in [6, 6.07) is -1.22. The van der Waals surface area contributed by atoms with Gasteiger partial charge in [0.2, 0.25) is 0 Å². The first kappa shape index (κ1) is 23.8. The zero-order valence-electron chi connectivity index (χ0n) is 13.0. The molecule has 1 aromatic carbocycles. The van der Waals surface area contributed by atoms with E-state index in [-0.39, 0.29) is 0 Å². The highest BCUT2D eigenvalue weighted by atomic mass is 19.4. The molecule has 1 rings (SSSR count). The Hall–Kier alpha value is -3.21. The Morgan fingerprint density at radius 3 is 1.48 bits per heavy atom. The number of nitro groups is 2. The third kappa shape index (κ3) is 4.29. The number of hydrogen-bond acceptors (Lipinski definition) is 5. The van der Waals surface area contributed by atoms with Crippen LogP contribution in [0.2, 0.25) is 0 Å². The van der Waals surface area contributed by atoms with Crippen molar-refractivity contribution in [2.75, 3.05) is 5.32 Å². The van der Waals surface area contributed by atoms with Gasteiger partial charge in [-0.2, -0.15) is 43.9 Å². The van der Waals surface area contributed by atoms with Gasteiger partial charge >= 0.3 is 24.2 Å². The second-order valence-electron chi connectivity index (χ2n) is 5.05. The molecule has 0 saturated heterocycles. The van der Waals surface area contributed by atoms with Crippen LogP contribution < -0.4 is 5.32 Å². The molecule has 0 spiro atoms. The van der Waals surface area contributed by atoms with E-state index in [1.807, 2.05) is 0 Å². The van der Waals surface area contributed by atoms with Gasteiger partial charge in [0.25, 0.3) is 11.4 Å². The van der Waals surface area contributed by atoms with Gasteiger partial charge in [-0.25, -0.2) is 0 Å².